The van der Waals surface area contributed by atoms with Crippen LogP contribution in [-0.2, 0) is 12.8 Å². The summed E-state index contributed by atoms with van der Waals surface area (Å²) >= 11 is 1.75. The number of benzene rings is 1. The molecule has 1 aliphatic heterocycles. The molecule has 0 spiro atoms. The molecule has 120 valence electrons. The summed E-state index contributed by atoms with van der Waals surface area (Å²) < 4.78 is 5.71. The fraction of sp³-hybridized carbons (Fsp3) is 0.389. The number of hydrogen-bond acceptors (Lipinski definition) is 4. The Bertz CT molecular complexity index is 753. The third-order valence-corrected chi connectivity index (χ3v) is 5.70. The highest BCUT2D eigenvalue weighted by atomic mass is 32.1. The van der Waals surface area contributed by atoms with Crippen molar-refractivity contribution in [3.05, 3.63) is 45.8 Å². The fourth-order valence-corrected chi connectivity index (χ4v) is 4.75. The van der Waals surface area contributed by atoms with E-state index in [0.717, 1.165) is 34.7 Å². The number of amides is 1. The number of anilines is 1. The van der Waals surface area contributed by atoms with Crippen LogP contribution < -0.4 is 15.4 Å². The standard InChI is InChI=1S/C18H20N2O2S/c1-2-22-13-9-5-3-7-11(13)16-19-17(21)15-12-8-4-6-10-14(12)23-18(15)20-16/h3,5,7,9,16,20H,2,4,6,8,10H2,1H3,(H,19,21). The van der Waals surface area contributed by atoms with Gasteiger partial charge in [0.15, 0.2) is 0 Å². The summed E-state index contributed by atoms with van der Waals surface area (Å²) in [5.74, 6) is 0.854. The largest absolute Gasteiger partial charge is 0.493 e. The van der Waals surface area contributed by atoms with E-state index in [1.165, 1.54) is 23.3 Å². The highest BCUT2D eigenvalue weighted by Crippen LogP contribution is 2.42. The molecule has 0 fully saturated rings. The third kappa shape index (κ3) is 2.49. The predicted molar refractivity (Wildman–Crippen MR) is 92.4 cm³/mol. The van der Waals surface area contributed by atoms with Crippen LogP contribution in [0.25, 0.3) is 0 Å². The average molecular weight is 328 g/mol. The summed E-state index contributed by atoms with van der Waals surface area (Å²) in [5, 5.41) is 7.62. The summed E-state index contributed by atoms with van der Waals surface area (Å²) in [6.07, 6.45) is 4.29. The summed E-state index contributed by atoms with van der Waals surface area (Å²) in [4.78, 5) is 14.1. The van der Waals surface area contributed by atoms with Gasteiger partial charge in [-0.3, -0.25) is 4.79 Å². The Kier molecular flexibility index (Phi) is 3.73. The Hall–Kier alpha value is -2.01. The molecular weight excluding hydrogens is 308 g/mol. The smallest absolute Gasteiger partial charge is 0.256 e. The highest BCUT2D eigenvalue weighted by Gasteiger charge is 2.32. The van der Waals surface area contributed by atoms with Gasteiger partial charge >= 0.3 is 0 Å². The Labute approximate surface area is 139 Å². The van der Waals surface area contributed by atoms with Gasteiger partial charge in [-0.05, 0) is 44.2 Å². The van der Waals surface area contributed by atoms with Crippen LogP contribution in [0.3, 0.4) is 0 Å². The molecule has 0 saturated carbocycles. The van der Waals surface area contributed by atoms with Crippen molar-refractivity contribution in [3.63, 3.8) is 0 Å². The van der Waals surface area contributed by atoms with Crippen molar-refractivity contribution >= 4 is 22.2 Å². The van der Waals surface area contributed by atoms with Crippen molar-refractivity contribution in [2.24, 2.45) is 0 Å². The Morgan fingerprint density at radius 2 is 2.04 bits per heavy atom. The Morgan fingerprint density at radius 3 is 2.91 bits per heavy atom. The number of hydrogen-bond donors (Lipinski definition) is 2. The molecular formula is C18H20N2O2S. The van der Waals surface area contributed by atoms with E-state index in [2.05, 4.69) is 10.6 Å². The summed E-state index contributed by atoms with van der Waals surface area (Å²) in [5.41, 5.74) is 3.10. The first-order valence-corrected chi connectivity index (χ1v) is 9.03. The lowest BCUT2D eigenvalue weighted by Gasteiger charge is -2.28. The maximum Gasteiger partial charge on any atom is 0.256 e. The van der Waals surface area contributed by atoms with Gasteiger partial charge in [-0.25, -0.2) is 0 Å². The number of fused-ring (bicyclic) bond motifs is 3. The van der Waals surface area contributed by atoms with Crippen molar-refractivity contribution in [1.82, 2.24) is 5.32 Å². The van der Waals surface area contributed by atoms with Crippen molar-refractivity contribution in [1.29, 1.82) is 0 Å². The number of para-hydroxylation sites is 1. The summed E-state index contributed by atoms with van der Waals surface area (Å²) in [6.45, 7) is 2.57. The van der Waals surface area contributed by atoms with E-state index in [1.807, 2.05) is 31.2 Å². The van der Waals surface area contributed by atoms with E-state index in [4.69, 9.17) is 4.74 Å². The topological polar surface area (TPSA) is 50.4 Å². The van der Waals surface area contributed by atoms with Crippen LogP contribution in [0.5, 0.6) is 5.75 Å². The minimum atomic E-state index is -0.238. The van der Waals surface area contributed by atoms with Crippen molar-refractivity contribution in [2.45, 2.75) is 38.8 Å². The third-order valence-electron chi connectivity index (χ3n) is 4.48. The monoisotopic (exact) mass is 328 g/mol. The first-order valence-electron chi connectivity index (χ1n) is 8.21. The molecule has 5 heteroatoms. The Morgan fingerprint density at radius 1 is 1.22 bits per heavy atom. The molecule has 0 saturated heterocycles. The van der Waals surface area contributed by atoms with Gasteiger partial charge in [-0.1, -0.05) is 18.2 Å². The second kappa shape index (κ2) is 5.89. The van der Waals surface area contributed by atoms with Gasteiger partial charge in [0.1, 0.15) is 16.9 Å². The summed E-state index contributed by atoms with van der Waals surface area (Å²) in [6, 6.07) is 7.87. The molecule has 1 amide bonds. The van der Waals surface area contributed by atoms with Gasteiger partial charge in [0.25, 0.3) is 5.91 Å². The maximum atomic E-state index is 12.7. The second-order valence-electron chi connectivity index (χ2n) is 5.94. The summed E-state index contributed by atoms with van der Waals surface area (Å²) in [7, 11) is 0. The number of ether oxygens (including phenoxy) is 1. The first kappa shape index (κ1) is 14.6. The highest BCUT2D eigenvalue weighted by molar-refractivity contribution is 7.16. The predicted octanol–water partition coefficient (Wildman–Crippen LogP) is 3.88. The van der Waals surface area contributed by atoms with E-state index in [9.17, 15) is 4.79 Å². The normalized spacial score (nSPS) is 19.3. The molecule has 2 aromatic rings. The molecule has 0 bridgehead atoms. The molecule has 2 heterocycles. The van der Waals surface area contributed by atoms with Gasteiger partial charge in [0.2, 0.25) is 0 Å². The van der Waals surface area contributed by atoms with Crippen LogP contribution >= 0.6 is 11.3 Å². The second-order valence-corrected chi connectivity index (χ2v) is 7.04. The van der Waals surface area contributed by atoms with E-state index in [1.54, 1.807) is 11.3 Å². The fourth-order valence-electron chi connectivity index (χ4n) is 3.44. The SMILES string of the molecule is CCOc1ccccc1C1NC(=O)c2c(sc3c2CCCC3)N1. The van der Waals surface area contributed by atoms with Crippen LogP contribution in [0, 0.1) is 0 Å². The van der Waals surface area contributed by atoms with E-state index in [-0.39, 0.29) is 12.1 Å². The minimum absolute atomic E-state index is 0.0365. The van der Waals surface area contributed by atoms with Crippen LogP contribution in [0.1, 0.15) is 52.3 Å². The molecule has 4 rings (SSSR count). The molecule has 2 N–H and O–H groups in total. The van der Waals surface area contributed by atoms with Gasteiger partial charge in [0, 0.05) is 10.4 Å². The molecule has 1 aromatic heterocycles. The van der Waals surface area contributed by atoms with Crippen LogP contribution in [0.4, 0.5) is 5.00 Å². The van der Waals surface area contributed by atoms with Crippen LogP contribution in [0.2, 0.25) is 0 Å². The Balaban J connectivity index is 1.70. The zero-order chi connectivity index (χ0) is 15.8. The molecule has 1 aromatic carbocycles. The van der Waals surface area contributed by atoms with Crippen molar-refractivity contribution < 1.29 is 9.53 Å². The van der Waals surface area contributed by atoms with Crippen LogP contribution in [0.15, 0.2) is 24.3 Å². The molecule has 0 radical (unpaired) electrons. The van der Waals surface area contributed by atoms with Crippen molar-refractivity contribution in [2.75, 3.05) is 11.9 Å². The van der Waals surface area contributed by atoms with Crippen LogP contribution in [-0.4, -0.2) is 12.5 Å². The lowest BCUT2D eigenvalue weighted by molar-refractivity contribution is 0.0935. The number of rotatable bonds is 3. The quantitative estimate of drug-likeness (QED) is 0.899. The first-order chi connectivity index (χ1) is 11.3. The van der Waals surface area contributed by atoms with Gasteiger partial charge < -0.3 is 15.4 Å². The molecule has 23 heavy (non-hydrogen) atoms. The zero-order valence-corrected chi connectivity index (χ0v) is 14.0. The van der Waals surface area contributed by atoms with E-state index >= 15 is 0 Å². The number of carbonyl (C=O) groups is 1. The molecule has 4 nitrogen and oxygen atoms in total. The number of aryl methyl sites for hydroxylation is 1. The molecule has 2 aliphatic rings. The average Bonchev–Trinajstić information content (AvgIpc) is 2.94. The minimum Gasteiger partial charge on any atom is -0.493 e. The zero-order valence-electron chi connectivity index (χ0n) is 13.1. The van der Waals surface area contributed by atoms with Crippen molar-refractivity contribution in [3.8, 4) is 5.75 Å². The van der Waals surface area contributed by atoms with E-state index < -0.39 is 0 Å². The molecule has 1 aliphatic carbocycles. The number of carbonyl (C=O) groups excluding carboxylic acids is 1. The maximum absolute atomic E-state index is 12.7. The lowest BCUT2D eigenvalue weighted by Crippen LogP contribution is -2.38. The van der Waals surface area contributed by atoms with Gasteiger partial charge in [0.05, 0.1) is 12.2 Å². The lowest BCUT2D eigenvalue weighted by atomic mass is 9.94. The molecule has 1 unspecified atom stereocenters. The van der Waals surface area contributed by atoms with E-state index in [0.29, 0.717) is 6.61 Å². The van der Waals surface area contributed by atoms with Gasteiger partial charge in [-0.15, -0.1) is 11.3 Å². The van der Waals surface area contributed by atoms with Gasteiger partial charge in [-0.2, -0.15) is 0 Å². The number of nitrogens with one attached hydrogen (secondary N) is 2. The molecule has 1 atom stereocenters. The number of thiophene rings is 1.